The number of oxime groups is 1. The molecule has 8 aromatic rings. The third kappa shape index (κ3) is 11.5. The SMILES string of the molecule is N#CCc1cnc(Oc2ccc3c(c2)c(=O)ncn3Cc2c(F)cc(F)cc2F)c(C(F)(F)F)c1.O=C1CC(Cc2cnc(Oc3ccc4c(c3)c(=O)ncn4Cc3c(F)cc(F)cc3F)c(C(F)(F)F)c2)=NO1. The lowest BCUT2D eigenvalue weighted by molar-refractivity contribution is -0.140. The van der Waals surface area contributed by atoms with Crippen LogP contribution in [0.4, 0.5) is 52.7 Å². The van der Waals surface area contributed by atoms with Crippen molar-refractivity contribution in [3.05, 3.63) is 187 Å². The van der Waals surface area contributed by atoms with Gasteiger partial charge in [-0.05, 0) is 59.7 Å². The van der Waals surface area contributed by atoms with Gasteiger partial charge in [0.15, 0.2) is 0 Å². The average Bonchev–Trinajstić information content (AvgIpc) is 3.74. The number of halogens is 12. The van der Waals surface area contributed by atoms with Gasteiger partial charge in [0.1, 0.15) is 57.5 Å². The number of nitrogens with zero attached hydrogens (tertiary/aromatic N) is 8. The van der Waals surface area contributed by atoms with Crippen molar-refractivity contribution in [1.82, 2.24) is 29.1 Å². The van der Waals surface area contributed by atoms with Crippen LogP contribution < -0.4 is 20.6 Å². The first-order valence-corrected chi connectivity index (χ1v) is 20.9. The van der Waals surface area contributed by atoms with E-state index in [9.17, 15) is 67.1 Å². The van der Waals surface area contributed by atoms with Gasteiger partial charge in [0, 0.05) is 54.2 Å². The van der Waals surface area contributed by atoms with Gasteiger partial charge in [-0.3, -0.25) is 9.59 Å². The summed E-state index contributed by atoms with van der Waals surface area (Å²) in [4.78, 5) is 55.0. The molecule has 0 unspecified atom stereocenters. The number of rotatable bonds is 11. The zero-order valence-electron chi connectivity index (χ0n) is 36.8. The number of carbonyl (C=O) groups is 1. The minimum Gasteiger partial charge on any atom is -0.438 e. The lowest BCUT2D eigenvalue weighted by Gasteiger charge is -2.15. The van der Waals surface area contributed by atoms with Crippen LogP contribution in [-0.2, 0) is 47.9 Å². The second-order valence-corrected chi connectivity index (χ2v) is 15.8. The summed E-state index contributed by atoms with van der Waals surface area (Å²) in [5, 5.41) is 12.0. The second kappa shape index (κ2) is 20.5. The van der Waals surface area contributed by atoms with Crippen molar-refractivity contribution in [2.75, 3.05) is 0 Å². The predicted octanol–water partition coefficient (Wildman–Crippen LogP) is 10.0. The molecule has 0 aliphatic carbocycles. The number of nitriles is 1. The molecule has 0 bridgehead atoms. The number of hydrogen-bond acceptors (Lipinski definition) is 12. The number of benzene rings is 4. The van der Waals surface area contributed by atoms with E-state index in [1.54, 1.807) is 6.07 Å². The summed E-state index contributed by atoms with van der Waals surface area (Å²) in [7, 11) is 0. The minimum absolute atomic E-state index is 0.0398. The number of carbonyl (C=O) groups excluding carboxylic acids is 1. The lowest BCUT2D eigenvalue weighted by atomic mass is 10.1. The normalized spacial score (nSPS) is 12.5. The first-order chi connectivity index (χ1) is 35.0. The van der Waals surface area contributed by atoms with Gasteiger partial charge in [-0.15, -0.1) is 0 Å². The highest BCUT2D eigenvalue weighted by atomic mass is 19.4. The smallest absolute Gasteiger partial charge is 0.421 e. The van der Waals surface area contributed by atoms with E-state index in [2.05, 4.69) is 29.9 Å². The molecule has 0 saturated heterocycles. The van der Waals surface area contributed by atoms with Crippen molar-refractivity contribution < 1.29 is 71.8 Å². The maximum atomic E-state index is 14.2. The standard InChI is InChI=1S/C25H14F6N4O4.C23H12F6N4O2/c26-13-5-19(27)17(20(28)6-13)10-35-11-33-23(37)16-8-15(1-2-21(16)35)38-24-18(25(29,30)31)4-12(9-32-24)3-14-7-22(36)39-34-14;24-13-6-18(25)16(19(26)7-13)10-33-11-32-21(34)15-8-14(1-2-20(15)33)35-22-17(23(27,28)29)5-12(3-4-30)9-31-22/h1-2,4-6,8-9,11H,3,7,10H2;1-2,5-9,11H,3,10H2. The molecule has 0 fully saturated rings. The van der Waals surface area contributed by atoms with Crippen molar-refractivity contribution in [2.24, 2.45) is 5.16 Å². The maximum absolute atomic E-state index is 14.2. The zero-order valence-corrected chi connectivity index (χ0v) is 36.8. The second-order valence-electron chi connectivity index (χ2n) is 15.8. The summed E-state index contributed by atoms with van der Waals surface area (Å²) >= 11 is 0. The van der Waals surface area contributed by atoms with E-state index in [0.29, 0.717) is 24.3 Å². The van der Waals surface area contributed by atoms with E-state index in [1.807, 2.05) is 0 Å². The molecule has 4 aromatic carbocycles. The van der Waals surface area contributed by atoms with Crippen molar-refractivity contribution in [2.45, 2.75) is 44.7 Å². The molecular weight excluding hydrogens is 1010 g/mol. The third-order valence-corrected chi connectivity index (χ3v) is 10.7. The average molecular weight is 1040 g/mol. The Morgan fingerprint density at radius 1 is 0.595 bits per heavy atom. The number of ether oxygens (including phenoxy) is 2. The summed E-state index contributed by atoms with van der Waals surface area (Å²) in [5.74, 6) is -9.35. The molecule has 74 heavy (non-hydrogen) atoms. The lowest BCUT2D eigenvalue weighted by Crippen LogP contribution is -2.15. The molecule has 0 radical (unpaired) electrons. The van der Waals surface area contributed by atoms with Crippen LogP contribution in [-0.4, -0.2) is 40.8 Å². The Balaban J connectivity index is 0.000000198. The molecule has 14 nitrogen and oxygen atoms in total. The Labute approximate surface area is 405 Å². The predicted molar refractivity (Wildman–Crippen MR) is 233 cm³/mol. The first kappa shape index (κ1) is 51.2. The van der Waals surface area contributed by atoms with Crippen LogP contribution in [0.5, 0.6) is 23.3 Å². The number of aromatic nitrogens is 6. The van der Waals surface area contributed by atoms with E-state index >= 15 is 0 Å². The Bertz CT molecular complexity index is 3700. The fourth-order valence-corrected chi connectivity index (χ4v) is 7.29. The fraction of sp³-hybridized carbons (Fsp3) is 0.146. The van der Waals surface area contributed by atoms with Gasteiger partial charge in [0.25, 0.3) is 11.1 Å². The van der Waals surface area contributed by atoms with Crippen molar-refractivity contribution in [3.63, 3.8) is 0 Å². The molecule has 378 valence electrons. The molecule has 0 spiro atoms. The van der Waals surface area contributed by atoms with E-state index in [4.69, 9.17) is 14.7 Å². The van der Waals surface area contributed by atoms with Gasteiger partial charge in [-0.25, -0.2) is 41.1 Å². The largest absolute Gasteiger partial charge is 0.438 e. The van der Waals surface area contributed by atoms with Crippen molar-refractivity contribution in [3.8, 4) is 29.3 Å². The van der Waals surface area contributed by atoms with Gasteiger partial charge in [-0.2, -0.15) is 41.6 Å². The molecule has 0 N–H and O–H groups in total. The van der Waals surface area contributed by atoms with Crippen molar-refractivity contribution in [1.29, 1.82) is 5.26 Å². The van der Waals surface area contributed by atoms with Gasteiger partial charge >= 0.3 is 18.3 Å². The highest BCUT2D eigenvalue weighted by Crippen LogP contribution is 2.39. The molecule has 4 aromatic heterocycles. The molecule has 5 heterocycles. The summed E-state index contributed by atoms with van der Waals surface area (Å²) in [6, 6.07) is 12.6. The van der Waals surface area contributed by atoms with Crippen molar-refractivity contribution >= 4 is 33.5 Å². The van der Waals surface area contributed by atoms with Crippen LogP contribution in [0.3, 0.4) is 0 Å². The monoisotopic (exact) mass is 1040 g/mol. The topological polar surface area (TPSA) is 176 Å². The summed E-state index contributed by atoms with van der Waals surface area (Å²) in [6.07, 6.45) is -5.98. The molecule has 0 saturated carbocycles. The Kier molecular flexibility index (Phi) is 14.2. The van der Waals surface area contributed by atoms with Crippen LogP contribution in [0.2, 0.25) is 0 Å². The van der Waals surface area contributed by atoms with Crippen LogP contribution in [0.1, 0.15) is 39.8 Å². The molecule has 1 aliphatic heterocycles. The van der Waals surface area contributed by atoms with Gasteiger partial charge < -0.3 is 23.4 Å². The molecule has 0 atom stereocenters. The van der Waals surface area contributed by atoms with E-state index in [1.165, 1.54) is 33.4 Å². The summed E-state index contributed by atoms with van der Waals surface area (Å²) in [6.45, 7) is -0.896. The number of hydrogen-bond donors (Lipinski definition) is 0. The third-order valence-electron chi connectivity index (χ3n) is 10.7. The number of alkyl halides is 6. The molecule has 26 heteroatoms. The summed E-state index contributed by atoms with van der Waals surface area (Å²) < 4.78 is 178. The fourth-order valence-electron chi connectivity index (χ4n) is 7.29. The minimum atomic E-state index is -4.86. The number of fused-ring (bicyclic) bond motifs is 2. The van der Waals surface area contributed by atoms with Crippen LogP contribution in [0.25, 0.3) is 21.8 Å². The van der Waals surface area contributed by atoms with Crippen LogP contribution in [0, 0.1) is 46.2 Å². The quantitative estimate of drug-likeness (QED) is 0.0890. The van der Waals surface area contributed by atoms with Gasteiger partial charge in [0.2, 0.25) is 11.8 Å². The summed E-state index contributed by atoms with van der Waals surface area (Å²) in [5.41, 5.74) is -4.26. The van der Waals surface area contributed by atoms with Gasteiger partial charge in [0.05, 0.1) is 72.2 Å². The number of pyridine rings is 2. The first-order valence-electron chi connectivity index (χ1n) is 20.9. The molecule has 9 rings (SSSR count). The van der Waals surface area contributed by atoms with E-state index in [-0.39, 0.29) is 69.4 Å². The van der Waals surface area contributed by atoms with Gasteiger partial charge in [-0.1, -0.05) is 5.16 Å². The highest BCUT2D eigenvalue weighted by molar-refractivity contribution is 6.02. The maximum Gasteiger partial charge on any atom is 0.421 e. The molecular formula is C48H26F12N8O6. The van der Waals surface area contributed by atoms with E-state index in [0.717, 1.165) is 49.3 Å². The zero-order chi connectivity index (χ0) is 53.2. The highest BCUT2D eigenvalue weighted by Gasteiger charge is 2.37. The van der Waals surface area contributed by atoms with Crippen LogP contribution in [0.15, 0.2) is 113 Å². The molecule has 0 amide bonds. The Morgan fingerprint density at radius 2 is 1.03 bits per heavy atom. The Hall–Kier alpha value is -9.15. The van der Waals surface area contributed by atoms with Crippen LogP contribution >= 0.6 is 0 Å². The Morgan fingerprint density at radius 3 is 1.43 bits per heavy atom. The molecule has 1 aliphatic rings. The van der Waals surface area contributed by atoms with E-state index < -0.39 is 111 Å².